The van der Waals surface area contributed by atoms with Crippen LogP contribution in [0.25, 0.3) is 0 Å². The molecule has 1 saturated heterocycles. The molecule has 110 valence electrons. The summed E-state index contributed by atoms with van der Waals surface area (Å²) < 4.78 is 5.19. The molecule has 20 heavy (non-hydrogen) atoms. The molecule has 1 aliphatic rings. The first-order valence-corrected chi connectivity index (χ1v) is 7.56. The minimum atomic E-state index is -0.156. The molecule has 2 rings (SSSR count). The van der Waals surface area contributed by atoms with Crippen molar-refractivity contribution >= 4 is 29.4 Å². The minimum Gasteiger partial charge on any atom is -0.378 e. The van der Waals surface area contributed by atoms with Gasteiger partial charge in [0.2, 0.25) is 11.8 Å². The lowest BCUT2D eigenvalue weighted by Gasteiger charge is -2.26. The van der Waals surface area contributed by atoms with E-state index in [1.807, 2.05) is 6.92 Å². The number of aromatic amines is 1. The molecule has 0 aliphatic carbocycles. The molecular weight excluding hydrogens is 280 g/mol. The number of carbonyl (C=O) groups is 2. The molecule has 0 unspecified atom stereocenters. The van der Waals surface area contributed by atoms with E-state index in [0.29, 0.717) is 37.9 Å². The number of hydrogen-bond donors (Lipinski definition) is 2. The molecule has 7 nitrogen and oxygen atoms in total. The number of H-pyrrole nitrogens is 1. The molecule has 0 radical (unpaired) electrons. The van der Waals surface area contributed by atoms with Crippen LogP contribution in [0.5, 0.6) is 0 Å². The maximum atomic E-state index is 11.8. The van der Waals surface area contributed by atoms with E-state index >= 15 is 0 Å². The normalized spacial score (nSPS) is 15.2. The number of amides is 2. The first kappa shape index (κ1) is 14.9. The van der Waals surface area contributed by atoms with E-state index in [0.717, 1.165) is 5.69 Å². The van der Waals surface area contributed by atoms with Gasteiger partial charge in [-0.3, -0.25) is 14.7 Å². The number of carbonyl (C=O) groups excluding carboxylic acids is 2. The lowest BCUT2D eigenvalue weighted by Crippen LogP contribution is -2.41. The van der Waals surface area contributed by atoms with E-state index < -0.39 is 0 Å². The Bertz CT molecular complexity index is 471. The van der Waals surface area contributed by atoms with Crippen molar-refractivity contribution in [3.8, 4) is 0 Å². The summed E-state index contributed by atoms with van der Waals surface area (Å²) in [7, 11) is 0. The zero-order chi connectivity index (χ0) is 14.4. The Hall–Kier alpha value is -1.54. The Kier molecular flexibility index (Phi) is 5.42. The van der Waals surface area contributed by atoms with Crippen LogP contribution in [-0.2, 0) is 14.3 Å². The standard InChI is InChI=1S/C12H18N4O3S/c1-9-6-10(15-14-9)13-11(17)7-20-8-12(18)16-2-4-19-5-3-16/h6H,2-5,7-8H2,1H3,(H2,13,14,15,17). The van der Waals surface area contributed by atoms with Gasteiger partial charge in [0.15, 0.2) is 5.82 Å². The highest BCUT2D eigenvalue weighted by atomic mass is 32.2. The molecule has 0 spiro atoms. The van der Waals surface area contributed by atoms with Crippen LogP contribution in [0, 0.1) is 6.92 Å². The average Bonchev–Trinajstić information content (AvgIpc) is 2.85. The lowest BCUT2D eigenvalue weighted by atomic mass is 10.4. The second-order valence-corrected chi connectivity index (χ2v) is 5.46. The van der Waals surface area contributed by atoms with Gasteiger partial charge in [0, 0.05) is 24.8 Å². The summed E-state index contributed by atoms with van der Waals surface area (Å²) in [6, 6.07) is 1.75. The van der Waals surface area contributed by atoms with Crippen LogP contribution in [0.2, 0.25) is 0 Å². The van der Waals surface area contributed by atoms with Gasteiger partial charge in [0.25, 0.3) is 0 Å². The first-order valence-electron chi connectivity index (χ1n) is 6.40. The molecule has 0 aromatic carbocycles. The number of thioether (sulfide) groups is 1. The van der Waals surface area contributed by atoms with E-state index in [4.69, 9.17) is 4.74 Å². The highest BCUT2D eigenvalue weighted by molar-refractivity contribution is 8.00. The Balaban J connectivity index is 1.64. The van der Waals surface area contributed by atoms with Gasteiger partial charge in [-0.1, -0.05) is 0 Å². The predicted octanol–water partition coefficient (Wildman–Crippen LogP) is 0.249. The number of hydrogen-bond acceptors (Lipinski definition) is 5. The molecule has 2 N–H and O–H groups in total. The van der Waals surface area contributed by atoms with Crippen LogP contribution < -0.4 is 5.32 Å². The van der Waals surface area contributed by atoms with Crippen molar-refractivity contribution < 1.29 is 14.3 Å². The van der Waals surface area contributed by atoms with Crippen molar-refractivity contribution in [2.24, 2.45) is 0 Å². The summed E-state index contributed by atoms with van der Waals surface area (Å²) in [4.78, 5) is 25.3. The Morgan fingerprint density at radius 1 is 1.45 bits per heavy atom. The van der Waals surface area contributed by atoms with Gasteiger partial charge in [-0.05, 0) is 6.92 Å². The molecule has 1 fully saturated rings. The third-order valence-corrected chi connectivity index (χ3v) is 3.71. The SMILES string of the molecule is Cc1cc(NC(=O)CSCC(=O)N2CCOCC2)n[nH]1. The monoisotopic (exact) mass is 298 g/mol. The Morgan fingerprint density at radius 3 is 2.85 bits per heavy atom. The average molecular weight is 298 g/mol. The molecule has 0 saturated carbocycles. The van der Waals surface area contributed by atoms with Crippen molar-refractivity contribution in [2.75, 3.05) is 43.1 Å². The number of aryl methyl sites for hydroxylation is 1. The number of nitrogens with zero attached hydrogens (tertiary/aromatic N) is 2. The van der Waals surface area contributed by atoms with Crippen molar-refractivity contribution in [3.05, 3.63) is 11.8 Å². The van der Waals surface area contributed by atoms with Crippen LogP contribution in [0.3, 0.4) is 0 Å². The van der Waals surface area contributed by atoms with Gasteiger partial charge >= 0.3 is 0 Å². The fourth-order valence-electron chi connectivity index (χ4n) is 1.80. The van der Waals surface area contributed by atoms with Crippen LogP contribution in [0.15, 0.2) is 6.07 Å². The summed E-state index contributed by atoms with van der Waals surface area (Å²) in [5.74, 6) is 0.959. The summed E-state index contributed by atoms with van der Waals surface area (Å²) in [5, 5.41) is 9.33. The third kappa shape index (κ3) is 4.53. The number of anilines is 1. The van der Waals surface area contributed by atoms with Crippen molar-refractivity contribution in [1.29, 1.82) is 0 Å². The molecule has 8 heteroatoms. The fraction of sp³-hybridized carbons (Fsp3) is 0.583. The smallest absolute Gasteiger partial charge is 0.235 e. The van der Waals surface area contributed by atoms with Crippen LogP contribution in [0.1, 0.15) is 5.69 Å². The molecule has 2 amide bonds. The zero-order valence-electron chi connectivity index (χ0n) is 11.3. The topological polar surface area (TPSA) is 87.3 Å². The summed E-state index contributed by atoms with van der Waals surface area (Å²) in [6.45, 7) is 4.32. The molecular formula is C12H18N4O3S. The van der Waals surface area contributed by atoms with E-state index in [2.05, 4.69) is 15.5 Å². The first-order chi connectivity index (χ1) is 9.65. The summed E-state index contributed by atoms with van der Waals surface area (Å²) in [5.41, 5.74) is 0.885. The second-order valence-electron chi connectivity index (χ2n) is 4.47. The van der Waals surface area contributed by atoms with E-state index in [1.165, 1.54) is 11.8 Å². The zero-order valence-corrected chi connectivity index (χ0v) is 12.2. The molecule has 1 aliphatic heterocycles. The maximum absolute atomic E-state index is 11.8. The molecule has 2 heterocycles. The Labute approximate surface area is 121 Å². The van der Waals surface area contributed by atoms with Gasteiger partial charge in [0.1, 0.15) is 0 Å². The van der Waals surface area contributed by atoms with E-state index in [-0.39, 0.29) is 17.6 Å². The maximum Gasteiger partial charge on any atom is 0.235 e. The Morgan fingerprint density at radius 2 is 2.20 bits per heavy atom. The number of ether oxygens (including phenoxy) is 1. The highest BCUT2D eigenvalue weighted by Gasteiger charge is 2.17. The van der Waals surface area contributed by atoms with E-state index in [1.54, 1.807) is 11.0 Å². The van der Waals surface area contributed by atoms with Gasteiger partial charge in [0.05, 0.1) is 24.7 Å². The highest BCUT2D eigenvalue weighted by Crippen LogP contribution is 2.08. The van der Waals surface area contributed by atoms with Crippen molar-refractivity contribution in [3.63, 3.8) is 0 Å². The van der Waals surface area contributed by atoms with Gasteiger partial charge in [-0.15, -0.1) is 11.8 Å². The van der Waals surface area contributed by atoms with Crippen LogP contribution in [-0.4, -0.2) is 64.7 Å². The summed E-state index contributed by atoms with van der Waals surface area (Å²) >= 11 is 1.31. The molecule has 1 aromatic heterocycles. The molecule has 1 aromatic rings. The predicted molar refractivity (Wildman–Crippen MR) is 76.7 cm³/mol. The van der Waals surface area contributed by atoms with Crippen LogP contribution >= 0.6 is 11.8 Å². The lowest BCUT2D eigenvalue weighted by molar-refractivity contribution is -0.132. The second kappa shape index (κ2) is 7.30. The van der Waals surface area contributed by atoms with Crippen LogP contribution in [0.4, 0.5) is 5.82 Å². The third-order valence-electron chi connectivity index (χ3n) is 2.80. The van der Waals surface area contributed by atoms with Crippen molar-refractivity contribution in [2.45, 2.75) is 6.92 Å². The quantitative estimate of drug-likeness (QED) is 0.813. The van der Waals surface area contributed by atoms with E-state index in [9.17, 15) is 9.59 Å². The van der Waals surface area contributed by atoms with Crippen molar-refractivity contribution in [1.82, 2.24) is 15.1 Å². The number of nitrogens with one attached hydrogen (secondary N) is 2. The van der Waals surface area contributed by atoms with Gasteiger partial charge < -0.3 is 15.0 Å². The van der Waals surface area contributed by atoms with Gasteiger partial charge in [-0.2, -0.15) is 5.10 Å². The molecule has 0 bridgehead atoms. The number of rotatable bonds is 5. The minimum absolute atomic E-state index is 0.0571. The largest absolute Gasteiger partial charge is 0.378 e. The number of morpholine rings is 1. The van der Waals surface area contributed by atoms with Gasteiger partial charge in [-0.25, -0.2) is 0 Å². The number of aromatic nitrogens is 2. The fourth-order valence-corrected chi connectivity index (χ4v) is 2.51. The molecule has 0 atom stereocenters. The summed E-state index contributed by atoms with van der Waals surface area (Å²) in [6.07, 6.45) is 0.